The Morgan fingerprint density at radius 1 is 0.946 bits per heavy atom. The van der Waals surface area contributed by atoms with Crippen LogP contribution >= 0.6 is 11.8 Å². The maximum Gasteiger partial charge on any atom is 0.242 e. The summed E-state index contributed by atoms with van der Waals surface area (Å²) in [7, 11) is 0. The van der Waals surface area contributed by atoms with E-state index in [1.807, 2.05) is 20.8 Å². The molecule has 1 heterocycles. The Morgan fingerprint density at radius 3 is 2.24 bits per heavy atom. The van der Waals surface area contributed by atoms with Gasteiger partial charge in [0.1, 0.15) is 5.78 Å². The van der Waals surface area contributed by atoms with Crippen molar-refractivity contribution in [3.05, 3.63) is 0 Å². The van der Waals surface area contributed by atoms with Gasteiger partial charge in [0.05, 0.1) is 31.7 Å². The molecular weight excluding hydrogens is 492 g/mol. The molecule has 0 aliphatic carbocycles. The van der Waals surface area contributed by atoms with E-state index < -0.39 is 0 Å². The van der Waals surface area contributed by atoms with E-state index in [0.29, 0.717) is 44.8 Å². The summed E-state index contributed by atoms with van der Waals surface area (Å²) >= 11 is 1.57. The summed E-state index contributed by atoms with van der Waals surface area (Å²) < 4.78 is 10.8. The van der Waals surface area contributed by atoms with Crippen LogP contribution in [0.5, 0.6) is 0 Å². The fourth-order valence-electron chi connectivity index (χ4n) is 3.78. The van der Waals surface area contributed by atoms with Crippen molar-refractivity contribution < 1.29 is 30.1 Å². The van der Waals surface area contributed by atoms with Crippen LogP contribution in [0.2, 0.25) is 0 Å². The fraction of sp³-hybridized carbons (Fsp3) is 0.857. The summed E-state index contributed by atoms with van der Waals surface area (Å²) in [5, 5.41) is 2.43. The van der Waals surface area contributed by atoms with E-state index in [4.69, 9.17) is 9.47 Å². The quantitative estimate of drug-likeness (QED) is 0.187. The highest BCUT2D eigenvalue weighted by Gasteiger charge is 2.38. The molecule has 3 amide bonds. The van der Waals surface area contributed by atoms with Gasteiger partial charge in [-0.1, -0.05) is 60.8 Å². The molecule has 1 aliphatic heterocycles. The highest BCUT2D eigenvalue weighted by Crippen LogP contribution is 2.27. The summed E-state index contributed by atoms with van der Waals surface area (Å²) in [5.41, 5.74) is 0.0320. The molecule has 216 valence electrons. The number of amides is 3. The second-order valence-electron chi connectivity index (χ2n) is 11.9. The molecule has 1 N–H and O–H groups in total. The minimum Gasteiger partial charge on any atom is -0.379 e. The predicted molar refractivity (Wildman–Crippen MR) is 151 cm³/mol. The number of hydrogen-bond acceptors (Lipinski definition) is 7. The van der Waals surface area contributed by atoms with Crippen LogP contribution in [0.15, 0.2) is 0 Å². The van der Waals surface area contributed by atoms with Crippen LogP contribution in [0.4, 0.5) is 0 Å². The summed E-state index contributed by atoms with van der Waals surface area (Å²) in [4.78, 5) is 50.0. The molecule has 0 radical (unpaired) electrons. The van der Waals surface area contributed by atoms with Crippen molar-refractivity contribution in [2.75, 3.05) is 45.3 Å². The van der Waals surface area contributed by atoms with E-state index in [1.54, 1.807) is 11.8 Å². The Morgan fingerprint density at radius 2 is 1.59 bits per heavy atom. The third-order valence-corrected chi connectivity index (χ3v) is 7.45. The van der Waals surface area contributed by atoms with Crippen LogP contribution in [0.1, 0.15) is 94.3 Å². The minimum atomic E-state index is -0.348. The normalized spacial score (nSPS) is 16.5. The summed E-state index contributed by atoms with van der Waals surface area (Å²) in [5.74, 6) is 0.483. The largest absolute Gasteiger partial charge is 0.379 e. The second kappa shape index (κ2) is 17.2. The number of hydrogen-bond donors (Lipinski definition) is 1. The topological polar surface area (TPSA) is 102 Å². The number of ether oxygens (including phenoxy) is 2. The van der Waals surface area contributed by atoms with Crippen molar-refractivity contribution >= 4 is 35.3 Å². The van der Waals surface area contributed by atoms with Crippen LogP contribution in [-0.2, 0) is 28.7 Å². The molecule has 1 atom stereocenters. The Labute approximate surface area is 229 Å². The van der Waals surface area contributed by atoms with Gasteiger partial charge in [-0.15, -0.1) is 11.8 Å². The molecule has 1 fully saturated rings. The molecule has 0 aromatic heterocycles. The molecule has 8 nitrogen and oxygen atoms in total. The molecule has 37 heavy (non-hydrogen) atoms. The fourth-order valence-corrected chi connectivity index (χ4v) is 4.97. The number of likely N-dealkylation sites (tertiary alicyclic amines) is 1. The Balaban J connectivity index is 0.0000137. The average Bonchev–Trinajstić information content (AvgIpc) is 3.06. The van der Waals surface area contributed by atoms with E-state index in [1.165, 1.54) is 24.2 Å². The second-order valence-corrected chi connectivity index (χ2v) is 13.2. The Kier molecular flexibility index (Phi) is 15.6. The van der Waals surface area contributed by atoms with E-state index in [-0.39, 0.29) is 55.0 Å². The number of thioether (sulfide) groups is 1. The SMILES string of the molecule is CC(C)(C)CCCCCCSC1CC(=O)N(CCC(=O)NCCOCCOCCC(=O)C(C)(C)C)C1=O.[HH]. The van der Waals surface area contributed by atoms with E-state index in [0.717, 1.165) is 18.6 Å². The first-order valence-electron chi connectivity index (χ1n) is 13.7. The molecule has 0 spiro atoms. The zero-order valence-electron chi connectivity index (χ0n) is 24.0. The molecule has 1 saturated heterocycles. The molecule has 0 aromatic rings. The maximum atomic E-state index is 12.6. The van der Waals surface area contributed by atoms with Gasteiger partial charge in [-0.25, -0.2) is 0 Å². The van der Waals surface area contributed by atoms with E-state index >= 15 is 0 Å². The van der Waals surface area contributed by atoms with Crippen LogP contribution < -0.4 is 5.32 Å². The number of unbranched alkanes of at least 4 members (excludes halogenated alkanes) is 3. The Bertz CT molecular complexity index is 736. The summed E-state index contributed by atoms with van der Waals surface area (Å²) in [6.07, 6.45) is 6.57. The molecule has 0 aromatic carbocycles. The number of carbonyl (C=O) groups excluding carboxylic acids is 4. The van der Waals surface area contributed by atoms with Crippen LogP contribution in [0, 0.1) is 10.8 Å². The monoisotopic (exact) mass is 544 g/mol. The van der Waals surface area contributed by atoms with E-state index in [9.17, 15) is 19.2 Å². The molecule has 0 bridgehead atoms. The van der Waals surface area contributed by atoms with Crippen molar-refractivity contribution in [1.82, 2.24) is 10.2 Å². The van der Waals surface area contributed by atoms with Crippen molar-refractivity contribution in [2.24, 2.45) is 10.8 Å². The average molecular weight is 545 g/mol. The standard InChI is InChI=1S/C28H50N2O6S.H2/c1-27(2,3)13-9-7-8-10-20-37-22-21-25(33)30(26(22)34)15-11-24(32)29-14-17-36-19-18-35-16-12-23(31)28(4,5)6;/h22H,7-21H2,1-6H3,(H,29,32);1H. The predicted octanol–water partition coefficient (Wildman–Crippen LogP) is 4.63. The van der Waals surface area contributed by atoms with Crippen LogP contribution in [0.25, 0.3) is 0 Å². The third kappa shape index (κ3) is 15.5. The van der Waals surface area contributed by atoms with Crippen LogP contribution in [-0.4, -0.2) is 78.9 Å². The van der Waals surface area contributed by atoms with Gasteiger partial charge in [-0.2, -0.15) is 0 Å². The van der Waals surface area contributed by atoms with Gasteiger partial charge in [0.15, 0.2) is 0 Å². The van der Waals surface area contributed by atoms with Gasteiger partial charge in [0.2, 0.25) is 17.7 Å². The lowest BCUT2D eigenvalue weighted by Crippen LogP contribution is -2.36. The first-order valence-corrected chi connectivity index (χ1v) is 14.8. The Hall–Kier alpha value is -1.45. The summed E-state index contributed by atoms with van der Waals surface area (Å²) in [6, 6.07) is 0. The number of imide groups is 1. The molecule has 1 unspecified atom stereocenters. The van der Waals surface area contributed by atoms with Gasteiger partial charge in [-0.05, 0) is 24.0 Å². The molecular formula is C28H52N2O6S. The molecule has 0 saturated carbocycles. The first-order chi connectivity index (χ1) is 17.3. The molecule has 1 rings (SSSR count). The third-order valence-electron chi connectivity index (χ3n) is 6.16. The first kappa shape index (κ1) is 33.6. The van der Waals surface area contributed by atoms with Crippen molar-refractivity contribution in [3.8, 4) is 0 Å². The van der Waals surface area contributed by atoms with Gasteiger partial charge < -0.3 is 14.8 Å². The molecule has 1 aliphatic rings. The van der Waals surface area contributed by atoms with Gasteiger partial charge in [0.25, 0.3) is 0 Å². The lowest BCUT2D eigenvalue weighted by atomic mass is 9.89. The highest BCUT2D eigenvalue weighted by atomic mass is 32.2. The van der Waals surface area contributed by atoms with Crippen LogP contribution in [0.3, 0.4) is 0 Å². The van der Waals surface area contributed by atoms with E-state index in [2.05, 4.69) is 26.1 Å². The van der Waals surface area contributed by atoms with Gasteiger partial charge >= 0.3 is 0 Å². The highest BCUT2D eigenvalue weighted by molar-refractivity contribution is 8.00. The number of nitrogens with zero attached hydrogens (tertiary/aromatic N) is 1. The zero-order valence-corrected chi connectivity index (χ0v) is 24.8. The summed E-state index contributed by atoms with van der Waals surface area (Å²) in [6.45, 7) is 14.4. The smallest absolute Gasteiger partial charge is 0.242 e. The lowest BCUT2D eigenvalue weighted by molar-refractivity contribution is -0.138. The minimum absolute atomic E-state index is 0. The van der Waals surface area contributed by atoms with Crippen molar-refractivity contribution in [3.63, 3.8) is 0 Å². The number of nitrogens with one attached hydrogen (secondary N) is 1. The molecule has 9 heteroatoms. The van der Waals surface area contributed by atoms with Crippen molar-refractivity contribution in [1.29, 1.82) is 0 Å². The number of rotatable bonds is 19. The maximum absolute atomic E-state index is 12.6. The lowest BCUT2D eigenvalue weighted by Gasteiger charge is -2.17. The number of carbonyl (C=O) groups is 4. The van der Waals surface area contributed by atoms with Gasteiger partial charge in [-0.3, -0.25) is 24.1 Å². The van der Waals surface area contributed by atoms with Gasteiger partial charge in [0, 0.05) is 39.2 Å². The number of ketones is 1. The number of Topliss-reactive ketones (excluding diaryl/α,β-unsaturated/α-hetero) is 1. The van der Waals surface area contributed by atoms with Crippen molar-refractivity contribution in [2.45, 2.75) is 98.2 Å². The zero-order chi connectivity index (χ0) is 27.9.